The van der Waals surface area contributed by atoms with Crippen LogP contribution in [-0.2, 0) is 0 Å². The second-order valence-corrected chi connectivity index (χ2v) is 4.47. The molecule has 0 unspecified atom stereocenters. The van der Waals surface area contributed by atoms with Crippen molar-refractivity contribution in [2.45, 2.75) is 0 Å². The van der Waals surface area contributed by atoms with E-state index in [4.69, 9.17) is 23.2 Å². The van der Waals surface area contributed by atoms with Crippen molar-refractivity contribution in [2.75, 3.05) is 0 Å². The number of rotatable bonds is 2. The Kier molecular flexibility index (Phi) is 3.75. The summed E-state index contributed by atoms with van der Waals surface area (Å²) in [5.74, 6) is 0.0711. The molecule has 0 aliphatic rings. The van der Waals surface area contributed by atoms with Crippen molar-refractivity contribution in [2.24, 2.45) is 4.99 Å². The molecule has 0 radical (unpaired) electrons. The Morgan fingerprint density at radius 3 is 2.22 bits per heavy atom. The van der Waals surface area contributed by atoms with Gasteiger partial charge in [-0.1, -0.05) is 23.2 Å². The van der Waals surface area contributed by atoms with Gasteiger partial charge in [-0.2, -0.15) is 0 Å². The third-order valence-electron chi connectivity index (χ3n) is 2.27. The Labute approximate surface area is 114 Å². The molecule has 0 amide bonds. The van der Waals surface area contributed by atoms with Crippen molar-refractivity contribution >= 4 is 35.1 Å². The molecule has 5 heteroatoms. The summed E-state index contributed by atoms with van der Waals surface area (Å²) in [5, 5.41) is 20.1. The molecule has 0 saturated heterocycles. The summed E-state index contributed by atoms with van der Waals surface area (Å²) in [5.41, 5.74) is 0.781. The van der Waals surface area contributed by atoms with Gasteiger partial charge in [0, 0.05) is 21.8 Å². The van der Waals surface area contributed by atoms with Crippen molar-refractivity contribution in [3.8, 4) is 11.5 Å². The summed E-state index contributed by atoms with van der Waals surface area (Å²) >= 11 is 11.6. The Bertz CT molecular complexity index is 558. The average Bonchev–Trinajstić information content (AvgIpc) is 2.34. The predicted molar refractivity (Wildman–Crippen MR) is 73.5 cm³/mol. The standard InChI is InChI=1S/C13H9Cl2NO2/c14-9-1-3-12(17)8(5-9)7-16-11-6-10(15)2-4-13(11)18/h1-7,17-18H. The van der Waals surface area contributed by atoms with Crippen LogP contribution in [0.5, 0.6) is 11.5 Å². The fourth-order valence-corrected chi connectivity index (χ4v) is 1.71. The Hall–Kier alpha value is -1.71. The first kappa shape index (κ1) is 12.7. The molecule has 0 heterocycles. The van der Waals surface area contributed by atoms with Crippen molar-refractivity contribution in [1.29, 1.82) is 0 Å². The van der Waals surface area contributed by atoms with Crippen LogP contribution in [-0.4, -0.2) is 16.4 Å². The van der Waals surface area contributed by atoms with Gasteiger partial charge in [0.1, 0.15) is 17.2 Å². The smallest absolute Gasteiger partial charge is 0.141 e. The first-order chi connectivity index (χ1) is 8.56. The fourth-order valence-electron chi connectivity index (χ4n) is 1.37. The third kappa shape index (κ3) is 2.94. The molecule has 2 rings (SSSR count). The zero-order chi connectivity index (χ0) is 13.1. The minimum atomic E-state index is 0.0113. The summed E-state index contributed by atoms with van der Waals surface area (Å²) < 4.78 is 0. The van der Waals surface area contributed by atoms with E-state index in [1.807, 2.05) is 0 Å². The summed E-state index contributed by atoms with van der Waals surface area (Å²) in [6.07, 6.45) is 1.41. The van der Waals surface area contributed by atoms with E-state index in [1.165, 1.54) is 24.4 Å². The van der Waals surface area contributed by atoms with Crippen LogP contribution < -0.4 is 0 Å². The number of phenols is 2. The van der Waals surface area contributed by atoms with Gasteiger partial charge < -0.3 is 10.2 Å². The lowest BCUT2D eigenvalue weighted by Gasteiger charge is -2.01. The summed E-state index contributed by atoms with van der Waals surface area (Å²) in [4.78, 5) is 4.06. The molecule has 3 nitrogen and oxygen atoms in total. The number of halogens is 2. The summed E-state index contributed by atoms with van der Waals surface area (Å²) in [6, 6.07) is 9.16. The van der Waals surface area contributed by atoms with Crippen LogP contribution in [0, 0.1) is 0 Å². The SMILES string of the molecule is Oc1ccc(Cl)cc1C=Nc1cc(Cl)ccc1O. The molecule has 0 aliphatic heterocycles. The molecular weight excluding hydrogens is 273 g/mol. The Morgan fingerprint density at radius 1 is 0.889 bits per heavy atom. The lowest BCUT2D eigenvalue weighted by atomic mass is 10.2. The van der Waals surface area contributed by atoms with Gasteiger partial charge in [-0.05, 0) is 36.4 Å². The third-order valence-corrected chi connectivity index (χ3v) is 2.74. The normalized spacial score (nSPS) is 11.0. The zero-order valence-electron chi connectivity index (χ0n) is 9.14. The quantitative estimate of drug-likeness (QED) is 0.813. The maximum absolute atomic E-state index is 9.60. The van der Waals surface area contributed by atoms with E-state index in [0.29, 0.717) is 21.3 Å². The number of aromatic hydroxyl groups is 2. The van der Waals surface area contributed by atoms with Crippen molar-refractivity contribution in [1.82, 2.24) is 0 Å². The Balaban J connectivity index is 2.35. The van der Waals surface area contributed by atoms with Crippen LogP contribution in [0.4, 0.5) is 5.69 Å². The number of hydrogen-bond donors (Lipinski definition) is 2. The molecule has 92 valence electrons. The molecule has 0 spiro atoms. The summed E-state index contributed by atoms with van der Waals surface area (Å²) in [6.45, 7) is 0. The number of phenolic OH excluding ortho intramolecular Hbond substituents is 2. The van der Waals surface area contributed by atoms with Gasteiger partial charge in [0.05, 0.1) is 0 Å². The number of benzene rings is 2. The molecule has 18 heavy (non-hydrogen) atoms. The maximum Gasteiger partial charge on any atom is 0.141 e. The monoisotopic (exact) mass is 281 g/mol. The minimum absolute atomic E-state index is 0.0113. The topological polar surface area (TPSA) is 52.8 Å². The highest BCUT2D eigenvalue weighted by molar-refractivity contribution is 6.31. The largest absolute Gasteiger partial charge is 0.507 e. The van der Waals surface area contributed by atoms with Crippen LogP contribution in [0.3, 0.4) is 0 Å². The number of nitrogens with zero attached hydrogens (tertiary/aromatic N) is 1. The molecular formula is C13H9Cl2NO2. The van der Waals surface area contributed by atoms with E-state index in [9.17, 15) is 10.2 Å². The van der Waals surface area contributed by atoms with Crippen LogP contribution in [0.15, 0.2) is 41.4 Å². The van der Waals surface area contributed by atoms with Crippen LogP contribution in [0.1, 0.15) is 5.56 Å². The lowest BCUT2D eigenvalue weighted by molar-refractivity contribution is 0.474. The van der Waals surface area contributed by atoms with Crippen molar-refractivity contribution in [3.05, 3.63) is 52.0 Å². The van der Waals surface area contributed by atoms with Gasteiger partial charge in [0.15, 0.2) is 0 Å². The van der Waals surface area contributed by atoms with Crippen LogP contribution in [0.25, 0.3) is 0 Å². The molecule has 0 fully saturated rings. The summed E-state index contributed by atoms with van der Waals surface area (Å²) in [7, 11) is 0. The second-order valence-electron chi connectivity index (χ2n) is 3.59. The molecule has 0 bridgehead atoms. The number of hydrogen-bond acceptors (Lipinski definition) is 3. The first-order valence-electron chi connectivity index (χ1n) is 5.07. The van der Waals surface area contributed by atoms with Crippen LogP contribution >= 0.6 is 23.2 Å². The van der Waals surface area contributed by atoms with E-state index in [-0.39, 0.29) is 11.5 Å². The molecule has 0 aliphatic carbocycles. The average molecular weight is 282 g/mol. The van der Waals surface area contributed by atoms with E-state index < -0.39 is 0 Å². The van der Waals surface area contributed by atoms with E-state index >= 15 is 0 Å². The molecule has 0 aromatic heterocycles. The number of aliphatic imine (C=N–C) groups is 1. The molecule has 2 N–H and O–H groups in total. The lowest BCUT2D eigenvalue weighted by Crippen LogP contribution is -1.82. The highest BCUT2D eigenvalue weighted by atomic mass is 35.5. The van der Waals surface area contributed by atoms with E-state index in [0.717, 1.165) is 0 Å². The molecule has 2 aromatic carbocycles. The van der Waals surface area contributed by atoms with Gasteiger partial charge in [-0.3, -0.25) is 4.99 Å². The van der Waals surface area contributed by atoms with Crippen molar-refractivity contribution in [3.63, 3.8) is 0 Å². The zero-order valence-corrected chi connectivity index (χ0v) is 10.7. The second kappa shape index (κ2) is 5.29. The van der Waals surface area contributed by atoms with Gasteiger partial charge in [0.25, 0.3) is 0 Å². The molecule has 0 atom stereocenters. The minimum Gasteiger partial charge on any atom is -0.507 e. The van der Waals surface area contributed by atoms with Gasteiger partial charge in [-0.15, -0.1) is 0 Å². The first-order valence-corrected chi connectivity index (χ1v) is 5.83. The highest BCUT2D eigenvalue weighted by Crippen LogP contribution is 2.29. The highest BCUT2D eigenvalue weighted by Gasteiger charge is 2.02. The molecule has 2 aromatic rings. The fraction of sp³-hybridized carbons (Fsp3) is 0. The Morgan fingerprint density at radius 2 is 1.50 bits per heavy atom. The van der Waals surface area contributed by atoms with Crippen LogP contribution in [0.2, 0.25) is 10.0 Å². The van der Waals surface area contributed by atoms with Crippen molar-refractivity contribution < 1.29 is 10.2 Å². The molecule has 0 saturated carbocycles. The van der Waals surface area contributed by atoms with E-state index in [1.54, 1.807) is 18.2 Å². The van der Waals surface area contributed by atoms with Gasteiger partial charge >= 0.3 is 0 Å². The maximum atomic E-state index is 9.60. The van der Waals surface area contributed by atoms with E-state index in [2.05, 4.69) is 4.99 Å². The van der Waals surface area contributed by atoms with Gasteiger partial charge in [-0.25, -0.2) is 0 Å². The van der Waals surface area contributed by atoms with Gasteiger partial charge in [0.2, 0.25) is 0 Å². The predicted octanol–water partition coefficient (Wildman–Crippen LogP) is 4.16.